The summed E-state index contributed by atoms with van der Waals surface area (Å²) in [6.45, 7) is 6.90. The molecule has 0 aliphatic heterocycles. The molecule has 1 atom stereocenters. The van der Waals surface area contributed by atoms with E-state index in [-0.39, 0.29) is 11.5 Å². The summed E-state index contributed by atoms with van der Waals surface area (Å²) in [5.74, 6) is 1.87. The van der Waals surface area contributed by atoms with Crippen molar-refractivity contribution in [1.29, 1.82) is 0 Å². The largest absolute Gasteiger partial charge is 0.490 e. The first kappa shape index (κ1) is 27.5. The van der Waals surface area contributed by atoms with E-state index in [0.29, 0.717) is 41.4 Å². The lowest BCUT2D eigenvalue weighted by Gasteiger charge is -2.15. The number of hydrogen-bond acceptors (Lipinski definition) is 5. The molecule has 37 heavy (non-hydrogen) atoms. The number of benzene rings is 3. The molecule has 0 amide bonds. The molecule has 1 heterocycles. The molecule has 0 spiro atoms. The Morgan fingerprint density at radius 1 is 1.00 bits per heavy atom. The van der Waals surface area contributed by atoms with E-state index in [2.05, 4.69) is 59.8 Å². The molecular formula is C28H26Br3N3O3. The molecule has 0 radical (unpaired) electrons. The molecule has 0 unspecified atom stereocenters. The standard InChI is InChI=1S/C28H26Br3N3O3/c1-4-17(3)27-33-24-11-10-21(30)14-22(24)28(35)34(27)32-15-19-12-23(31)26(25(13-19)36-5-2)37-16-18-6-8-20(29)9-7-18/h6-15,17H,4-5,16H2,1-3H3/t17-/m1/s1. The van der Waals surface area contributed by atoms with Crippen molar-refractivity contribution in [2.75, 3.05) is 6.61 Å². The zero-order valence-electron chi connectivity index (χ0n) is 20.7. The van der Waals surface area contributed by atoms with E-state index < -0.39 is 0 Å². The quantitative estimate of drug-likeness (QED) is 0.167. The van der Waals surface area contributed by atoms with Gasteiger partial charge in [0.15, 0.2) is 11.5 Å². The van der Waals surface area contributed by atoms with Crippen molar-refractivity contribution in [3.8, 4) is 11.5 Å². The van der Waals surface area contributed by atoms with Crippen molar-refractivity contribution in [3.63, 3.8) is 0 Å². The van der Waals surface area contributed by atoms with Crippen molar-refractivity contribution >= 4 is 64.9 Å². The van der Waals surface area contributed by atoms with Crippen molar-refractivity contribution in [2.24, 2.45) is 5.10 Å². The van der Waals surface area contributed by atoms with Crippen LogP contribution >= 0.6 is 47.8 Å². The van der Waals surface area contributed by atoms with Crippen molar-refractivity contribution < 1.29 is 9.47 Å². The molecule has 192 valence electrons. The van der Waals surface area contributed by atoms with Gasteiger partial charge in [-0.2, -0.15) is 9.78 Å². The molecule has 0 aliphatic rings. The summed E-state index contributed by atoms with van der Waals surface area (Å²) in [6, 6.07) is 17.2. The summed E-state index contributed by atoms with van der Waals surface area (Å²) in [6.07, 6.45) is 2.47. The first-order valence-electron chi connectivity index (χ1n) is 11.9. The molecule has 3 aromatic carbocycles. The van der Waals surface area contributed by atoms with Gasteiger partial charge in [-0.15, -0.1) is 0 Å². The SMILES string of the molecule is CCOc1cc(C=Nn2c([C@H](C)CC)nc3ccc(Br)cc3c2=O)cc(Br)c1OCc1ccc(Br)cc1. The van der Waals surface area contributed by atoms with Gasteiger partial charge in [0.2, 0.25) is 0 Å². The average molecular weight is 692 g/mol. The normalized spacial score (nSPS) is 12.3. The predicted octanol–water partition coefficient (Wildman–Crippen LogP) is 8.06. The van der Waals surface area contributed by atoms with Crippen LogP contribution in [-0.2, 0) is 6.61 Å². The van der Waals surface area contributed by atoms with Gasteiger partial charge in [-0.25, -0.2) is 4.98 Å². The molecule has 0 bridgehead atoms. The van der Waals surface area contributed by atoms with E-state index >= 15 is 0 Å². The van der Waals surface area contributed by atoms with Crippen LogP contribution < -0.4 is 15.0 Å². The van der Waals surface area contributed by atoms with Crippen LogP contribution in [0.15, 0.2) is 77.9 Å². The van der Waals surface area contributed by atoms with E-state index in [1.165, 1.54) is 4.68 Å². The van der Waals surface area contributed by atoms with E-state index in [9.17, 15) is 4.79 Å². The Kier molecular flexibility index (Phi) is 9.21. The molecule has 4 aromatic rings. The third-order valence-electron chi connectivity index (χ3n) is 5.84. The van der Waals surface area contributed by atoms with Gasteiger partial charge in [-0.1, -0.05) is 57.8 Å². The fourth-order valence-corrected chi connectivity index (χ4v) is 4.90. The van der Waals surface area contributed by atoms with Crippen LogP contribution in [-0.4, -0.2) is 22.5 Å². The zero-order valence-corrected chi connectivity index (χ0v) is 25.4. The molecule has 0 saturated heterocycles. The van der Waals surface area contributed by atoms with Gasteiger partial charge in [0.05, 0.1) is 28.2 Å². The number of halogens is 3. The summed E-state index contributed by atoms with van der Waals surface area (Å²) in [5.41, 5.74) is 2.23. The number of fused-ring (bicyclic) bond motifs is 1. The monoisotopic (exact) mass is 689 g/mol. The minimum absolute atomic E-state index is 0.0537. The number of aromatic nitrogens is 2. The Hall–Kier alpha value is -2.49. The van der Waals surface area contributed by atoms with E-state index in [1.54, 1.807) is 12.3 Å². The zero-order chi connectivity index (χ0) is 26.5. The van der Waals surface area contributed by atoms with Gasteiger partial charge in [0.25, 0.3) is 5.56 Å². The maximum Gasteiger partial charge on any atom is 0.282 e. The van der Waals surface area contributed by atoms with Crippen molar-refractivity contribution in [3.05, 3.63) is 95.3 Å². The van der Waals surface area contributed by atoms with Crippen LogP contribution in [0.3, 0.4) is 0 Å². The Labute approximate surface area is 241 Å². The second kappa shape index (κ2) is 12.4. The number of rotatable bonds is 9. The Bertz CT molecular complexity index is 1500. The Morgan fingerprint density at radius 3 is 2.43 bits per heavy atom. The minimum Gasteiger partial charge on any atom is -0.490 e. The molecule has 0 fully saturated rings. The average Bonchev–Trinajstić information content (AvgIpc) is 2.88. The molecule has 0 saturated carbocycles. The Morgan fingerprint density at radius 2 is 1.73 bits per heavy atom. The lowest BCUT2D eigenvalue weighted by atomic mass is 10.1. The summed E-state index contributed by atoms with van der Waals surface area (Å²) in [7, 11) is 0. The third kappa shape index (κ3) is 6.51. The lowest BCUT2D eigenvalue weighted by Crippen LogP contribution is -2.23. The highest BCUT2D eigenvalue weighted by molar-refractivity contribution is 9.11. The van der Waals surface area contributed by atoms with Crippen molar-refractivity contribution in [2.45, 2.75) is 39.7 Å². The summed E-state index contributed by atoms with van der Waals surface area (Å²) in [4.78, 5) is 18.2. The van der Waals surface area contributed by atoms with E-state index in [1.807, 2.05) is 62.4 Å². The highest BCUT2D eigenvalue weighted by atomic mass is 79.9. The van der Waals surface area contributed by atoms with Gasteiger partial charge in [0, 0.05) is 14.9 Å². The third-order valence-corrected chi connectivity index (χ3v) is 7.45. The fourth-order valence-electron chi connectivity index (χ4n) is 3.71. The first-order chi connectivity index (χ1) is 17.8. The predicted molar refractivity (Wildman–Crippen MR) is 159 cm³/mol. The van der Waals surface area contributed by atoms with Crippen LogP contribution in [0.5, 0.6) is 11.5 Å². The second-order valence-electron chi connectivity index (χ2n) is 8.48. The van der Waals surface area contributed by atoms with E-state index in [0.717, 1.165) is 31.0 Å². The summed E-state index contributed by atoms with van der Waals surface area (Å²) >= 11 is 10.5. The number of hydrogen-bond donors (Lipinski definition) is 0. The summed E-state index contributed by atoms with van der Waals surface area (Å²) in [5, 5.41) is 5.08. The highest BCUT2D eigenvalue weighted by Gasteiger charge is 2.16. The molecule has 0 aliphatic carbocycles. The summed E-state index contributed by atoms with van der Waals surface area (Å²) < 4.78 is 15.9. The number of ether oxygens (including phenoxy) is 2. The molecule has 1 aromatic heterocycles. The first-order valence-corrected chi connectivity index (χ1v) is 14.3. The molecule has 6 nitrogen and oxygen atoms in total. The van der Waals surface area contributed by atoms with Crippen LogP contribution in [0.25, 0.3) is 10.9 Å². The van der Waals surface area contributed by atoms with Crippen LogP contribution in [0, 0.1) is 0 Å². The fraction of sp³-hybridized carbons (Fsp3) is 0.250. The minimum atomic E-state index is -0.212. The topological polar surface area (TPSA) is 65.7 Å². The van der Waals surface area contributed by atoms with Gasteiger partial charge in [-0.05, 0) is 82.9 Å². The van der Waals surface area contributed by atoms with Gasteiger partial charge in [0.1, 0.15) is 12.4 Å². The highest BCUT2D eigenvalue weighted by Crippen LogP contribution is 2.37. The molecule has 0 N–H and O–H groups in total. The van der Waals surface area contributed by atoms with Crippen molar-refractivity contribution in [1.82, 2.24) is 9.66 Å². The van der Waals surface area contributed by atoms with Crippen LogP contribution in [0.4, 0.5) is 0 Å². The van der Waals surface area contributed by atoms with Gasteiger partial charge >= 0.3 is 0 Å². The smallest absolute Gasteiger partial charge is 0.282 e. The van der Waals surface area contributed by atoms with Gasteiger partial charge < -0.3 is 9.47 Å². The second-order valence-corrected chi connectivity index (χ2v) is 11.2. The van der Waals surface area contributed by atoms with Gasteiger partial charge in [-0.3, -0.25) is 4.79 Å². The Balaban J connectivity index is 1.71. The number of nitrogens with zero attached hydrogens (tertiary/aromatic N) is 3. The van der Waals surface area contributed by atoms with E-state index in [4.69, 9.17) is 14.5 Å². The maximum atomic E-state index is 13.4. The van der Waals surface area contributed by atoms with Crippen LogP contribution in [0.1, 0.15) is 50.1 Å². The lowest BCUT2D eigenvalue weighted by molar-refractivity contribution is 0.267. The molecular weight excluding hydrogens is 666 g/mol. The maximum absolute atomic E-state index is 13.4. The molecule has 4 rings (SSSR count). The van der Waals surface area contributed by atoms with Crippen LogP contribution in [0.2, 0.25) is 0 Å². The molecule has 9 heteroatoms.